The Labute approximate surface area is 164 Å². The number of amides is 1. The highest BCUT2D eigenvalue weighted by Crippen LogP contribution is 2.27. The van der Waals surface area contributed by atoms with Crippen LogP contribution in [-0.2, 0) is 11.2 Å². The number of aryl methyl sites for hydroxylation is 2. The summed E-state index contributed by atoms with van der Waals surface area (Å²) in [7, 11) is 0. The van der Waals surface area contributed by atoms with Crippen LogP contribution in [0.4, 0.5) is 0 Å². The minimum Gasteiger partial charge on any atom is -0.361 e. The summed E-state index contributed by atoms with van der Waals surface area (Å²) < 4.78 is 5.17. The van der Waals surface area contributed by atoms with Crippen LogP contribution in [0, 0.1) is 19.8 Å². The van der Waals surface area contributed by atoms with Crippen LogP contribution in [0.5, 0.6) is 0 Å². The zero-order chi connectivity index (χ0) is 19.4. The van der Waals surface area contributed by atoms with E-state index in [0.717, 1.165) is 46.9 Å². The fourth-order valence-electron chi connectivity index (χ4n) is 3.73. The average molecular weight is 387 g/mol. The molecule has 0 N–H and O–H groups in total. The van der Waals surface area contributed by atoms with Crippen molar-refractivity contribution in [2.75, 3.05) is 19.3 Å². The molecule has 27 heavy (non-hydrogen) atoms. The fraction of sp³-hybridized carbons (Fsp3) is 0.476. The van der Waals surface area contributed by atoms with Crippen LogP contribution in [0.3, 0.4) is 0 Å². The van der Waals surface area contributed by atoms with Gasteiger partial charge in [-0.05, 0) is 45.4 Å². The Balaban J connectivity index is 1.63. The summed E-state index contributed by atoms with van der Waals surface area (Å²) in [6.45, 7) is 5.02. The van der Waals surface area contributed by atoms with E-state index in [1.807, 2.05) is 49.3 Å². The Morgan fingerprint density at radius 1 is 1.30 bits per heavy atom. The molecule has 1 aliphatic rings. The number of carbonyl (C=O) groups excluding carboxylic acids is 2. The van der Waals surface area contributed by atoms with Crippen molar-refractivity contribution in [2.24, 2.45) is 5.92 Å². The SMILES string of the molecule is CSc1ccccc1C(=O)[C@@H]1CCCN(C(=O)CCc2c(C)noc2C)C1. The van der Waals surface area contributed by atoms with Gasteiger partial charge in [-0.25, -0.2) is 0 Å². The average Bonchev–Trinajstić information content (AvgIpc) is 3.03. The van der Waals surface area contributed by atoms with E-state index < -0.39 is 0 Å². The molecule has 6 heteroatoms. The van der Waals surface area contributed by atoms with E-state index >= 15 is 0 Å². The number of ketones is 1. The predicted molar refractivity (Wildman–Crippen MR) is 106 cm³/mol. The van der Waals surface area contributed by atoms with Crippen LogP contribution < -0.4 is 0 Å². The van der Waals surface area contributed by atoms with Crippen molar-refractivity contribution in [1.82, 2.24) is 10.1 Å². The molecular weight excluding hydrogens is 360 g/mol. The summed E-state index contributed by atoms with van der Waals surface area (Å²) >= 11 is 1.59. The number of Topliss-reactive ketones (excluding diaryl/α,β-unsaturated/α-hetero) is 1. The second-order valence-corrected chi connectivity index (χ2v) is 7.89. The molecule has 1 fully saturated rings. The quantitative estimate of drug-likeness (QED) is 0.553. The Hall–Kier alpha value is -2.08. The topological polar surface area (TPSA) is 63.4 Å². The smallest absolute Gasteiger partial charge is 0.222 e. The van der Waals surface area contributed by atoms with Crippen molar-refractivity contribution in [2.45, 2.75) is 44.4 Å². The highest BCUT2D eigenvalue weighted by molar-refractivity contribution is 7.98. The number of carbonyl (C=O) groups is 2. The Kier molecular flexibility index (Phi) is 6.37. The molecule has 2 aromatic rings. The maximum atomic E-state index is 13.0. The van der Waals surface area contributed by atoms with Gasteiger partial charge in [0.25, 0.3) is 0 Å². The third-order valence-electron chi connectivity index (χ3n) is 5.29. The summed E-state index contributed by atoms with van der Waals surface area (Å²) in [5.74, 6) is 0.921. The second-order valence-electron chi connectivity index (χ2n) is 7.05. The van der Waals surface area contributed by atoms with Gasteiger partial charge in [-0.1, -0.05) is 23.4 Å². The van der Waals surface area contributed by atoms with E-state index in [1.165, 1.54) is 0 Å². The molecule has 0 spiro atoms. The molecule has 2 heterocycles. The number of piperidine rings is 1. The van der Waals surface area contributed by atoms with Gasteiger partial charge in [0.1, 0.15) is 5.76 Å². The number of hydrogen-bond donors (Lipinski definition) is 0. The number of likely N-dealkylation sites (tertiary alicyclic amines) is 1. The number of hydrogen-bond acceptors (Lipinski definition) is 5. The van der Waals surface area contributed by atoms with E-state index in [1.54, 1.807) is 11.8 Å². The second kappa shape index (κ2) is 8.74. The van der Waals surface area contributed by atoms with Crippen molar-refractivity contribution in [1.29, 1.82) is 0 Å². The molecular formula is C21H26N2O3S. The summed E-state index contributed by atoms with van der Waals surface area (Å²) in [5.41, 5.74) is 2.64. The lowest BCUT2D eigenvalue weighted by Gasteiger charge is -2.32. The summed E-state index contributed by atoms with van der Waals surface area (Å²) in [6.07, 6.45) is 4.75. The highest BCUT2D eigenvalue weighted by Gasteiger charge is 2.30. The lowest BCUT2D eigenvalue weighted by molar-refractivity contribution is -0.132. The molecule has 0 saturated carbocycles. The molecule has 144 valence electrons. The van der Waals surface area contributed by atoms with E-state index in [2.05, 4.69) is 5.16 Å². The van der Waals surface area contributed by atoms with E-state index in [4.69, 9.17) is 4.52 Å². The molecule has 1 amide bonds. The third kappa shape index (κ3) is 4.43. The summed E-state index contributed by atoms with van der Waals surface area (Å²) in [6, 6.07) is 7.73. The van der Waals surface area contributed by atoms with E-state index in [9.17, 15) is 9.59 Å². The van der Waals surface area contributed by atoms with Gasteiger partial charge in [0.05, 0.1) is 5.69 Å². The molecule has 0 bridgehead atoms. The van der Waals surface area contributed by atoms with Gasteiger partial charge in [-0.2, -0.15) is 0 Å². The normalized spacial score (nSPS) is 17.1. The number of rotatable bonds is 6. The number of thioether (sulfide) groups is 1. The van der Waals surface area contributed by atoms with Gasteiger partial charge in [0.2, 0.25) is 5.91 Å². The maximum absolute atomic E-state index is 13.0. The molecule has 3 rings (SSSR count). The first kappa shape index (κ1) is 19.7. The standard InChI is InChI=1S/C21H26N2O3S/c1-14-17(15(2)26-22-14)10-11-20(24)23-12-6-7-16(13-23)21(25)18-8-4-5-9-19(18)27-3/h4-5,8-9,16H,6-7,10-13H2,1-3H3/t16-/m1/s1. The lowest BCUT2D eigenvalue weighted by atomic mass is 9.89. The molecule has 1 aliphatic heterocycles. The van der Waals surface area contributed by atoms with Gasteiger partial charge >= 0.3 is 0 Å². The van der Waals surface area contributed by atoms with Crippen molar-refractivity contribution in [3.63, 3.8) is 0 Å². The fourth-order valence-corrected chi connectivity index (χ4v) is 4.34. The molecule has 1 aromatic heterocycles. The van der Waals surface area contributed by atoms with Crippen LogP contribution in [0.15, 0.2) is 33.7 Å². The third-order valence-corrected chi connectivity index (χ3v) is 6.08. The zero-order valence-corrected chi connectivity index (χ0v) is 17.0. The summed E-state index contributed by atoms with van der Waals surface area (Å²) in [5, 5.41) is 3.95. The highest BCUT2D eigenvalue weighted by atomic mass is 32.2. The van der Waals surface area contributed by atoms with Gasteiger partial charge < -0.3 is 9.42 Å². The van der Waals surface area contributed by atoms with Crippen LogP contribution in [0.2, 0.25) is 0 Å². The van der Waals surface area contributed by atoms with Gasteiger partial charge in [0.15, 0.2) is 5.78 Å². The molecule has 5 nitrogen and oxygen atoms in total. The number of benzene rings is 1. The minimum atomic E-state index is -0.116. The Morgan fingerprint density at radius 3 is 2.78 bits per heavy atom. The molecule has 0 radical (unpaired) electrons. The minimum absolute atomic E-state index is 0.102. The number of nitrogens with zero attached hydrogens (tertiary/aromatic N) is 2. The molecule has 1 atom stereocenters. The van der Waals surface area contributed by atoms with Crippen molar-refractivity contribution < 1.29 is 14.1 Å². The van der Waals surface area contributed by atoms with Gasteiger partial charge in [-0.3, -0.25) is 9.59 Å². The monoisotopic (exact) mass is 386 g/mol. The predicted octanol–water partition coefficient (Wildman–Crippen LogP) is 4.07. The largest absolute Gasteiger partial charge is 0.361 e. The first-order valence-corrected chi connectivity index (χ1v) is 10.6. The number of aromatic nitrogens is 1. The van der Waals surface area contributed by atoms with Crippen molar-refractivity contribution >= 4 is 23.5 Å². The molecule has 1 aromatic carbocycles. The van der Waals surface area contributed by atoms with Crippen LogP contribution in [-0.4, -0.2) is 41.1 Å². The summed E-state index contributed by atoms with van der Waals surface area (Å²) in [4.78, 5) is 28.6. The van der Waals surface area contributed by atoms with Crippen molar-refractivity contribution in [3.8, 4) is 0 Å². The van der Waals surface area contributed by atoms with Crippen molar-refractivity contribution in [3.05, 3.63) is 46.8 Å². The lowest BCUT2D eigenvalue weighted by Crippen LogP contribution is -2.42. The van der Waals surface area contributed by atoms with Gasteiger partial charge in [-0.15, -0.1) is 11.8 Å². The maximum Gasteiger partial charge on any atom is 0.222 e. The van der Waals surface area contributed by atoms with Crippen LogP contribution >= 0.6 is 11.8 Å². The first-order chi connectivity index (χ1) is 13.0. The van der Waals surface area contributed by atoms with Crippen LogP contribution in [0.25, 0.3) is 0 Å². The molecule has 0 aliphatic carbocycles. The molecule has 0 unspecified atom stereocenters. The first-order valence-electron chi connectivity index (χ1n) is 9.38. The zero-order valence-electron chi connectivity index (χ0n) is 16.2. The Morgan fingerprint density at radius 2 is 2.07 bits per heavy atom. The molecule has 1 saturated heterocycles. The van der Waals surface area contributed by atoms with E-state index in [0.29, 0.717) is 19.4 Å². The van der Waals surface area contributed by atoms with Gasteiger partial charge in [0, 0.05) is 41.5 Å². The van der Waals surface area contributed by atoms with Crippen LogP contribution in [0.1, 0.15) is 46.6 Å². The van der Waals surface area contributed by atoms with E-state index in [-0.39, 0.29) is 17.6 Å². The Bertz CT molecular complexity index is 811.